The van der Waals surface area contributed by atoms with Crippen LogP contribution in [0.4, 0.5) is 0 Å². The largest absolute Gasteiger partial charge is 0.410 e. The van der Waals surface area contributed by atoms with Gasteiger partial charge in [0.2, 0.25) is 0 Å². The molecule has 0 bridgehead atoms. The van der Waals surface area contributed by atoms with E-state index in [1.54, 1.807) is 17.1 Å². The monoisotopic (exact) mass is 219 g/mol. The molecule has 0 spiro atoms. The van der Waals surface area contributed by atoms with E-state index >= 15 is 0 Å². The van der Waals surface area contributed by atoms with Gasteiger partial charge in [-0.25, -0.2) is 0 Å². The van der Waals surface area contributed by atoms with E-state index in [0.717, 1.165) is 11.3 Å². The van der Waals surface area contributed by atoms with Gasteiger partial charge in [0.15, 0.2) is 0 Å². The molecule has 0 unspecified atom stereocenters. The Morgan fingerprint density at radius 2 is 2.62 bits per heavy atom. The van der Waals surface area contributed by atoms with E-state index in [0.29, 0.717) is 10.9 Å². The normalized spacial score (nSPS) is 12.0. The summed E-state index contributed by atoms with van der Waals surface area (Å²) in [5, 5.41) is 16.4. The van der Waals surface area contributed by atoms with Crippen molar-refractivity contribution in [1.82, 2.24) is 9.78 Å². The van der Waals surface area contributed by atoms with Crippen molar-refractivity contribution in [2.45, 2.75) is 0 Å². The zero-order chi connectivity index (χ0) is 9.68. The highest BCUT2D eigenvalue weighted by Crippen LogP contribution is 2.12. The van der Waals surface area contributed by atoms with Gasteiger partial charge in [0, 0.05) is 30.4 Å². The number of nitrogens with zero attached hydrogens (tertiary/aromatic N) is 3. The molecule has 1 heterocycles. The van der Waals surface area contributed by atoms with Crippen molar-refractivity contribution in [1.29, 1.82) is 0 Å². The molecule has 0 aromatic carbocycles. The summed E-state index contributed by atoms with van der Waals surface area (Å²) in [5.74, 6) is 1.25. The van der Waals surface area contributed by atoms with Crippen LogP contribution in [0.15, 0.2) is 17.5 Å². The van der Waals surface area contributed by atoms with Gasteiger partial charge >= 0.3 is 0 Å². The molecule has 4 nitrogen and oxygen atoms in total. The summed E-state index contributed by atoms with van der Waals surface area (Å²) < 4.78 is 1.65. The van der Waals surface area contributed by atoms with E-state index in [9.17, 15) is 0 Å². The Bertz CT molecular complexity index is 300. The maximum Gasteiger partial charge on any atom is 0.146 e. The van der Waals surface area contributed by atoms with Crippen LogP contribution in [0.25, 0.3) is 0 Å². The molecule has 0 saturated carbocycles. The number of hydrogen-bond acceptors (Lipinski definition) is 4. The lowest BCUT2D eigenvalue weighted by Gasteiger charge is -1.97. The Balaban J connectivity index is 2.68. The first-order valence-corrected chi connectivity index (χ1v) is 5.19. The number of rotatable bonds is 3. The van der Waals surface area contributed by atoms with Crippen LogP contribution in [-0.2, 0) is 7.05 Å². The van der Waals surface area contributed by atoms with Crippen LogP contribution in [0, 0.1) is 0 Å². The fourth-order valence-electron chi connectivity index (χ4n) is 0.837. The number of aryl methyl sites for hydroxylation is 1. The molecular weight excluding hydrogens is 210 g/mol. The van der Waals surface area contributed by atoms with E-state index in [1.165, 1.54) is 11.8 Å². The molecule has 0 atom stereocenters. The van der Waals surface area contributed by atoms with Gasteiger partial charge in [-0.2, -0.15) is 5.10 Å². The lowest BCUT2D eigenvalue weighted by atomic mass is 10.4. The van der Waals surface area contributed by atoms with E-state index in [4.69, 9.17) is 16.8 Å². The number of hydrogen-bond donors (Lipinski definition) is 1. The molecule has 13 heavy (non-hydrogen) atoms. The van der Waals surface area contributed by atoms with E-state index < -0.39 is 0 Å². The second kappa shape index (κ2) is 5.14. The summed E-state index contributed by atoms with van der Waals surface area (Å²) in [6.45, 7) is 0. The van der Waals surface area contributed by atoms with Gasteiger partial charge in [0.25, 0.3) is 0 Å². The lowest BCUT2D eigenvalue weighted by molar-refractivity contribution is 0.321. The number of halogens is 1. The standard InChI is InChI=1S/C7H10ClN3OS/c1-11-5-6(4-9-11)7(10-12)13-3-2-8/h4-5,12H,2-3H2,1H3/b10-7-. The van der Waals surface area contributed by atoms with Crippen LogP contribution >= 0.6 is 23.4 Å². The summed E-state index contributed by atoms with van der Waals surface area (Å²) in [6, 6.07) is 0. The highest BCUT2D eigenvalue weighted by atomic mass is 35.5. The summed E-state index contributed by atoms with van der Waals surface area (Å²) >= 11 is 6.92. The van der Waals surface area contributed by atoms with Gasteiger partial charge in [-0.3, -0.25) is 4.68 Å². The number of alkyl halides is 1. The van der Waals surface area contributed by atoms with Crippen molar-refractivity contribution in [2.24, 2.45) is 12.2 Å². The van der Waals surface area contributed by atoms with Crippen molar-refractivity contribution < 1.29 is 5.21 Å². The highest BCUT2D eigenvalue weighted by Gasteiger charge is 2.06. The highest BCUT2D eigenvalue weighted by molar-refractivity contribution is 8.14. The SMILES string of the molecule is Cn1cc(/C(=N/O)SCCCl)cn1. The zero-order valence-electron chi connectivity index (χ0n) is 7.14. The molecule has 1 N–H and O–H groups in total. The van der Waals surface area contributed by atoms with Crippen LogP contribution in [0.3, 0.4) is 0 Å². The second-order valence-corrected chi connectivity index (χ2v) is 3.81. The summed E-state index contributed by atoms with van der Waals surface area (Å²) in [7, 11) is 1.81. The van der Waals surface area contributed by atoms with Crippen LogP contribution in [0.2, 0.25) is 0 Å². The fraction of sp³-hybridized carbons (Fsp3) is 0.429. The van der Waals surface area contributed by atoms with Crippen LogP contribution in [0.1, 0.15) is 5.56 Å². The molecule has 0 amide bonds. The lowest BCUT2D eigenvalue weighted by Crippen LogP contribution is -1.96. The maximum absolute atomic E-state index is 8.70. The third-order valence-electron chi connectivity index (χ3n) is 1.36. The molecular formula is C7H10ClN3OS. The molecule has 0 saturated heterocycles. The Hall–Kier alpha value is -0.680. The minimum absolute atomic E-state index is 0.532. The Morgan fingerprint density at radius 1 is 1.85 bits per heavy atom. The predicted molar refractivity (Wildman–Crippen MR) is 54.7 cm³/mol. The summed E-state index contributed by atoms with van der Waals surface area (Å²) in [6.07, 6.45) is 3.44. The van der Waals surface area contributed by atoms with Gasteiger partial charge in [0.05, 0.1) is 6.20 Å². The molecule has 6 heteroatoms. The van der Waals surface area contributed by atoms with E-state index in [1.807, 2.05) is 7.05 Å². The predicted octanol–water partition coefficient (Wildman–Crippen LogP) is 1.53. The second-order valence-electron chi connectivity index (χ2n) is 2.35. The molecule has 72 valence electrons. The first-order valence-electron chi connectivity index (χ1n) is 3.67. The smallest absolute Gasteiger partial charge is 0.146 e. The fourth-order valence-corrected chi connectivity index (χ4v) is 1.67. The molecule has 0 aliphatic rings. The zero-order valence-corrected chi connectivity index (χ0v) is 8.72. The Morgan fingerprint density at radius 3 is 3.08 bits per heavy atom. The van der Waals surface area contributed by atoms with Gasteiger partial charge in [-0.1, -0.05) is 5.16 Å². The van der Waals surface area contributed by atoms with Gasteiger partial charge in [-0.05, 0) is 0 Å². The van der Waals surface area contributed by atoms with Crippen molar-refractivity contribution in [3.63, 3.8) is 0 Å². The molecule has 0 fully saturated rings. The first kappa shape index (κ1) is 10.4. The topological polar surface area (TPSA) is 50.4 Å². The van der Waals surface area contributed by atoms with E-state index in [2.05, 4.69) is 10.3 Å². The third-order valence-corrected chi connectivity index (χ3v) is 2.77. The molecule has 0 radical (unpaired) electrons. The van der Waals surface area contributed by atoms with Gasteiger partial charge in [-0.15, -0.1) is 23.4 Å². The van der Waals surface area contributed by atoms with E-state index in [-0.39, 0.29) is 0 Å². The van der Waals surface area contributed by atoms with Crippen molar-refractivity contribution >= 4 is 28.4 Å². The van der Waals surface area contributed by atoms with Crippen LogP contribution < -0.4 is 0 Å². The van der Waals surface area contributed by atoms with Crippen LogP contribution in [0.5, 0.6) is 0 Å². The van der Waals surface area contributed by atoms with Crippen LogP contribution in [-0.4, -0.2) is 31.7 Å². The van der Waals surface area contributed by atoms with Gasteiger partial charge < -0.3 is 5.21 Å². The molecule has 1 rings (SSSR count). The molecule has 0 aliphatic carbocycles. The number of oxime groups is 1. The molecule has 1 aromatic rings. The molecule has 0 aliphatic heterocycles. The first-order chi connectivity index (χ1) is 6.27. The minimum Gasteiger partial charge on any atom is -0.410 e. The van der Waals surface area contributed by atoms with Crippen molar-refractivity contribution in [3.05, 3.63) is 18.0 Å². The Labute approximate surface area is 85.6 Å². The summed E-state index contributed by atoms with van der Waals surface area (Å²) in [5.41, 5.74) is 0.806. The summed E-state index contributed by atoms with van der Waals surface area (Å²) in [4.78, 5) is 0. The third kappa shape index (κ3) is 2.93. The minimum atomic E-state index is 0.532. The van der Waals surface area contributed by atoms with Gasteiger partial charge in [0.1, 0.15) is 5.04 Å². The average Bonchev–Trinajstić information content (AvgIpc) is 2.54. The quantitative estimate of drug-likeness (QED) is 0.276. The van der Waals surface area contributed by atoms with Crippen molar-refractivity contribution in [2.75, 3.05) is 11.6 Å². The maximum atomic E-state index is 8.70. The number of thioether (sulfide) groups is 1. The van der Waals surface area contributed by atoms with Crippen molar-refractivity contribution in [3.8, 4) is 0 Å². The average molecular weight is 220 g/mol. The number of aromatic nitrogens is 2. The Kier molecular flexibility index (Phi) is 4.11. The molecule has 1 aromatic heterocycles.